The minimum atomic E-state index is 0.827. The summed E-state index contributed by atoms with van der Waals surface area (Å²) in [5, 5.41) is 0.827. The maximum Gasteiger partial charge on any atom is 0.113 e. The van der Waals surface area contributed by atoms with E-state index < -0.39 is 0 Å². The van der Waals surface area contributed by atoms with Gasteiger partial charge in [-0.05, 0) is 51.2 Å². The molecule has 1 heterocycles. The molecule has 10 heavy (non-hydrogen) atoms. The van der Waals surface area contributed by atoms with Gasteiger partial charge in [0.2, 0.25) is 0 Å². The Balaban J connectivity index is 3.06. The summed E-state index contributed by atoms with van der Waals surface area (Å²) in [5.41, 5.74) is 1.16. The van der Waals surface area contributed by atoms with E-state index in [1.807, 2.05) is 19.1 Å². The largest absolute Gasteiger partial charge is 0.233 e. The standard InChI is InChI=1S/C6H5BrClNS/c1-4-2-5(7)9-6(3-4)10-8/h2-3H,1H3. The van der Waals surface area contributed by atoms with Gasteiger partial charge >= 0.3 is 0 Å². The third-order valence-corrected chi connectivity index (χ3v) is 2.24. The molecule has 1 aromatic rings. The van der Waals surface area contributed by atoms with Crippen molar-refractivity contribution in [2.24, 2.45) is 0 Å². The van der Waals surface area contributed by atoms with Gasteiger partial charge in [0.1, 0.15) is 9.63 Å². The fourth-order valence-electron chi connectivity index (χ4n) is 0.634. The van der Waals surface area contributed by atoms with Crippen LogP contribution in [0.1, 0.15) is 5.56 Å². The van der Waals surface area contributed by atoms with Crippen molar-refractivity contribution in [2.45, 2.75) is 11.9 Å². The van der Waals surface area contributed by atoms with Crippen LogP contribution in [0.25, 0.3) is 0 Å². The molecule has 0 saturated carbocycles. The molecule has 0 radical (unpaired) electrons. The Kier molecular flexibility index (Phi) is 3.01. The summed E-state index contributed by atoms with van der Waals surface area (Å²) in [4.78, 5) is 4.10. The van der Waals surface area contributed by atoms with Crippen LogP contribution < -0.4 is 0 Å². The Bertz CT molecular complexity index is 221. The number of aryl methyl sites for hydroxylation is 1. The smallest absolute Gasteiger partial charge is 0.113 e. The van der Waals surface area contributed by atoms with Crippen molar-refractivity contribution in [2.75, 3.05) is 0 Å². The zero-order valence-electron chi connectivity index (χ0n) is 5.27. The lowest BCUT2D eigenvalue weighted by molar-refractivity contribution is 1.09. The molecular formula is C6H5BrClNS. The van der Waals surface area contributed by atoms with Crippen molar-refractivity contribution in [1.29, 1.82) is 0 Å². The van der Waals surface area contributed by atoms with Crippen molar-refractivity contribution in [3.63, 3.8) is 0 Å². The molecule has 1 rings (SSSR count). The van der Waals surface area contributed by atoms with Gasteiger partial charge in [-0.15, -0.1) is 0 Å². The second-order valence-corrected chi connectivity index (χ2v) is 3.73. The maximum atomic E-state index is 5.50. The van der Waals surface area contributed by atoms with E-state index in [4.69, 9.17) is 10.7 Å². The second kappa shape index (κ2) is 3.60. The topological polar surface area (TPSA) is 12.9 Å². The van der Waals surface area contributed by atoms with E-state index in [-0.39, 0.29) is 0 Å². The normalized spacial score (nSPS) is 9.90. The molecule has 4 heteroatoms. The Morgan fingerprint density at radius 3 is 2.80 bits per heavy atom. The number of nitrogens with zero attached hydrogens (tertiary/aromatic N) is 1. The van der Waals surface area contributed by atoms with Gasteiger partial charge in [0.15, 0.2) is 0 Å². The van der Waals surface area contributed by atoms with Gasteiger partial charge in [-0.3, -0.25) is 0 Å². The lowest BCUT2D eigenvalue weighted by Crippen LogP contribution is -1.80. The number of aromatic nitrogens is 1. The van der Waals surface area contributed by atoms with Crippen LogP contribution in [0, 0.1) is 6.92 Å². The summed E-state index contributed by atoms with van der Waals surface area (Å²) in [6, 6.07) is 3.87. The molecule has 0 aliphatic rings. The first-order valence-corrected chi connectivity index (χ1v) is 5.08. The molecule has 0 N–H and O–H groups in total. The minimum Gasteiger partial charge on any atom is -0.233 e. The molecule has 0 saturated heterocycles. The highest BCUT2D eigenvalue weighted by Crippen LogP contribution is 2.22. The van der Waals surface area contributed by atoms with Crippen LogP contribution in [-0.4, -0.2) is 4.98 Å². The summed E-state index contributed by atoms with van der Waals surface area (Å²) in [5.74, 6) is 0. The van der Waals surface area contributed by atoms with Crippen LogP contribution in [0.5, 0.6) is 0 Å². The third-order valence-electron chi connectivity index (χ3n) is 0.994. The van der Waals surface area contributed by atoms with Crippen LogP contribution in [0.15, 0.2) is 21.8 Å². The number of halogens is 2. The van der Waals surface area contributed by atoms with Gasteiger partial charge in [0.25, 0.3) is 0 Å². The predicted molar refractivity (Wildman–Crippen MR) is 48.4 cm³/mol. The first kappa shape index (κ1) is 8.37. The molecule has 0 atom stereocenters. The highest BCUT2D eigenvalue weighted by atomic mass is 79.9. The number of pyridine rings is 1. The molecule has 0 amide bonds. The highest BCUT2D eigenvalue weighted by molar-refractivity contribution is 9.10. The zero-order valence-corrected chi connectivity index (χ0v) is 8.42. The number of hydrogen-bond acceptors (Lipinski definition) is 2. The first-order chi connectivity index (χ1) is 4.72. The molecular weight excluding hydrogens is 233 g/mol. The predicted octanol–water partition coefficient (Wildman–Crippen LogP) is 3.40. The molecule has 0 aliphatic heterocycles. The van der Waals surface area contributed by atoms with Crippen molar-refractivity contribution in [1.82, 2.24) is 4.98 Å². The van der Waals surface area contributed by atoms with Crippen LogP contribution in [-0.2, 0) is 0 Å². The van der Waals surface area contributed by atoms with Gasteiger partial charge in [0.05, 0.1) is 0 Å². The fraction of sp³-hybridized carbons (Fsp3) is 0.167. The molecule has 0 unspecified atom stereocenters. The van der Waals surface area contributed by atoms with E-state index in [0.717, 1.165) is 26.2 Å². The second-order valence-electron chi connectivity index (χ2n) is 1.88. The van der Waals surface area contributed by atoms with Crippen molar-refractivity contribution in [3.05, 3.63) is 22.3 Å². The zero-order chi connectivity index (χ0) is 7.56. The van der Waals surface area contributed by atoms with Crippen molar-refractivity contribution < 1.29 is 0 Å². The highest BCUT2D eigenvalue weighted by Gasteiger charge is 1.95. The van der Waals surface area contributed by atoms with E-state index in [2.05, 4.69) is 20.9 Å². The summed E-state index contributed by atoms with van der Waals surface area (Å²) >= 11 is 3.27. The maximum absolute atomic E-state index is 5.50. The molecule has 0 aliphatic carbocycles. The van der Waals surface area contributed by atoms with Crippen LogP contribution in [0.3, 0.4) is 0 Å². The summed E-state index contributed by atoms with van der Waals surface area (Å²) in [7, 11) is 6.63. The van der Waals surface area contributed by atoms with Crippen LogP contribution in [0.4, 0.5) is 0 Å². The van der Waals surface area contributed by atoms with Gasteiger partial charge < -0.3 is 0 Å². The van der Waals surface area contributed by atoms with Crippen molar-refractivity contribution in [3.8, 4) is 0 Å². The average molecular weight is 239 g/mol. The average Bonchev–Trinajstić information content (AvgIpc) is 1.85. The molecule has 1 nitrogen and oxygen atoms in total. The number of hydrogen-bond donors (Lipinski definition) is 0. The van der Waals surface area contributed by atoms with Gasteiger partial charge in [-0.1, -0.05) is 0 Å². The molecule has 0 aromatic carbocycles. The fourth-order valence-corrected chi connectivity index (χ4v) is 1.90. The van der Waals surface area contributed by atoms with E-state index in [1.165, 1.54) is 0 Å². The Morgan fingerprint density at radius 1 is 1.60 bits per heavy atom. The number of rotatable bonds is 1. The van der Waals surface area contributed by atoms with Crippen molar-refractivity contribution >= 4 is 37.6 Å². The molecule has 0 fully saturated rings. The molecule has 54 valence electrons. The lowest BCUT2D eigenvalue weighted by atomic mass is 10.3. The molecule has 0 bridgehead atoms. The summed E-state index contributed by atoms with van der Waals surface area (Å²) in [6.45, 7) is 2.00. The van der Waals surface area contributed by atoms with Gasteiger partial charge in [-0.25, -0.2) is 4.98 Å². The Hall–Kier alpha value is 0.270. The summed E-state index contributed by atoms with van der Waals surface area (Å²) < 4.78 is 0.829. The Morgan fingerprint density at radius 2 is 2.30 bits per heavy atom. The van der Waals surface area contributed by atoms with Crippen LogP contribution in [0.2, 0.25) is 0 Å². The van der Waals surface area contributed by atoms with E-state index in [0.29, 0.717) is 0 Å². The lowest BCUT2D eigenvalue weighted by Gasteiger charge is -1.96. The summed E-state index contributed by atoms with van der Waals surface area (Å²) in [6.07, 6.45) is 0. The first-order valence-electron chi connectivity index (χ1n) is 2.65. The van der Waals surface area contributed by atoms with E-state index >= 15 is 0 Å². The third kappa shape index (κ3) is 2.15. The quantitative estimate of drug-likeness (QED) is 0.696. The van der Waals surface area contributed by atoms with Gasteiger partial charge in [0, 0.05) is 11.0 Å². The SMILES string of the molecule is Cc1cc(Br)nc(SCl)c1. The molecule has 0 spiro atoms. The van der Waals surface area contributed by atoms with Crippen LogP contribution >= 0.6 is 37.6 Å². The Labute approximate surface area is 76.8 Å². The minimum absolute atomic E-state index is 0.827. The van der Waals surface area contributed by atoms with E-state index in [9.17, 15) is 0 Å². The van der Waals surface area contributed by atoms with E-state index in [1.54, 1.807) is 0 Å². The molecule has 1 aromatic heterocycles. The van der Waals surface area contributed by atoms with Gasteiger partial charge in [-0.2, -0.15) is 0 Å². The monoisotopic (exact) mass is 237 g/mol.